The lowest BCUT2D eigenvalue weighted by Crippen LogP contribution is -2.19. The number of hydrogen-bond donors (Lipinski definition) is 1. The number of rotatable bonds is 11. The van der Waals surface area contributed by atoms with Crippen molar-refractivity contribution in [2.24, 2.45) is 11.8 Å². The number of benzene rings is 2. The standard InChI is InChI=1S/C37H49N/c1-6-12-29-19-22-35(33(25-29)14-8-3)36(32-15-10-9-11-16-32)26-30-17-20-34(21-18-30)38-37-27(4)23-31(13-7-2)24-28(37)5/h9-11,15-18,20,22-24,26,29,33-34,38H,6-8,12-14,19,21,25H2,1-5H3. The second kappa shape index (κ2) is 13.8. The zero-order chi connectivity index (χ0) is 26.9. The summed E-state index contributed by atoms with van der Waals surface area (Å²) < 4.78 is 0. The van der Waals surface area contributed by atoms with E-state index in [-0.39, 0.29) is 0 Å². The molecule has 0 saturated carbocycles. The Balaban J connectivity index is 1.56. The zero-order valence-electron chi connectivity index (χ0n) is 24.5. The maximum Gasteiger partial charge on any atom is 0.0482 e. The first-order valence-electron chi connectivity index (χ1n) is 15.2. The van der Waals surface area contributed by atoms with E-state index in [1.54, 1.807) is 5.57 Å². The van der Waals surface area contributed by atoms with Crippen molar-refractivity contribution in [3.63, 3.8) is 0 Å². The summed E-state index contributed by atoms with van der Waals surface area (Å²) in [6, 6.07) is 16.1. The third-order valence-corrected chi connectivity index (χ3v) is 8.36. The van der Waals surface area contributed by atoms with Crippen LogP contribution in [0.3, 0.4) is 0 Å². The Labute approximate surface area is 232 Å². The summed E-state index contributed by atoms with van der Waals surface area (Å²) >= 11 is 0. The molecule has 4 rings (SSSR count). The van der Waals surface area contributed by atoms with E-state index >= 15 is 0 Å². The molecule has 38 heavy (non-hydrogen) atoms. The van der Waals surface area contributed by atoms with E-state index in [0.717, 1.165) is 18.8 Å². The van der Waals surface area contributed by atoms with Crippen LogP contribution in [0, 0.1) is 25.7 Å². The number of allylic oxidation sites excluding steroid dienone is 6. The maximum absolute atomic E-state index is 3.83. The minimum atomic E-state index is 0.332. The highest BCUT2D eigenvalue weighted by Gasteiger charge is 2.26. The summed E-state index contributed by atoms with van der Waals surface area (Å²) in [4.78, 5) is 0. The molecule has 0 spiro atoms. The molecule has 2 aliphatic rings. The van der Waals surface area contributed by atoms with E-state index in [1.165, 1.54) is 84.0 Å². The molecule has 0 heterocycles. The van der Waals surface area contributed by atoms with Gasteiger partial charge in [-0.25, -0.2) is 0 Å². The first-order chi connectivity index (χ1) is 18.5. The van der Waals surface area contributed by atoms with Crippen LogP contribution in [0.25, 0.3) is 5.57 Å². The molecule has 1 N–H and O–H groups in total. The van der Waals surface area contributed by atoms with Crippen LogP contribution in [0.15, 0.2) is 84.0 Å². The number of hydrogen-bond acceptors (Lipinski definition) is 1. The summed E-state index contributed by atoms with van der Waals surface area (Å²) in [6.07, 6.45) is 23.3. The first kappa shape index (κ1) is 28.2. The van der Waals surface area contributed by atoms with Gasteiger partial charge in [0, 0.05) is 11.7 Å². The SMILES string of the molecule is CCCc1cc(C)c(NC2C=CC(C=C(C3=CCC(CCC)CC3CCC)c3ccccc3)=CC2)c(C)c1. The van der Waals surface area contributed by atoms with E-state index in [9.17, 15) is 0 Å². The summed E-state index contributed by atoms with van der Waals surface area (Å²) in [6.45, 7) is 11.4. The van der Waals surface area contributed by atoms with Crippen molar-refractivity contribution in [3.8, 4) is 0 Å². The maximum atomic E-state index is 3.83. The molecule has 1 heteroatoms. The highest BCUT2D eigenvalue weighted by molar-refractivity contribution is 5.82. The largest absolute Gasteiger partial charge is 0.378 e. The molecule has 0 saturated heterocycles. The average Bonchev–Trinajstić information content (AvgIpc) is 2.92. The molecule has 0 bridgehead atoms. The Bertz CT molecular complexity index is 1150. The fraction of sp³-hybridized carbons (Fsp3) is 0.459. The molecule has 0 aromatic heterocycles. The van der Waals surface area contributed by atoms with Crippen molar-refractivity contribution in [1.29, 1.82) is 0 Å². The molecule has 0 aliphatic heterocycles. The van der Waals surface area contributed by atoms with Gasteiger partial charge < -0.3 is 5.32 Å². The van der Waals surface area contributed by atoms with Crippen LogP contribution < -0.4 is 5.32 Å². The third kappa shape index (κ3) is 7.19. The third-order valence-electron chi connectivity index (χ3n) is 8.36. The Kier molecular flexibility index (Phi) is 10.3. The molecule has 0 radical (unpaired) electrons. The van der Waals surface area contributed by atoms with Crippen LogP contribution in [0.5, 0.6) is 0 Å². The van der Waals surface area contributed by atoms with Gasteiger partial charge in [0.25, 0.3) is 0 Å². The molecular formula is C37H49N. The van der Waals surface area contributed by atoms with Crippen molar-refractivity contribution < 1.29 is 0 Å². The summed E-state index contributed by atoms with van der Waals surface area (Å²) in [5, 5.41) is 3.83. The van der Waals surface area contributed by atoms with E-state index < -0.39 is 0 Å². The van der Waals surface area contributed by atoms with Gasteiger partial charge in [0.15, 0.2) is 0 Å². The summed E-state index contributed by atoms with van der Waals surface area (Å²) in [7, 11) is 0. The minimum absolute atomic E-state index is 0.332. The van der Waals surface area contributed by atoms with Gasteiger partial charge in [0.2, 0.25) is 0 Å². The predicted molar refractivity (Wildman–Crippen MR) is 168 cm³/mol. The van der Waals surface area contributed by atoms with Crippen molar-refractivity contribution >= 4 is 11.3 Å². The van der Waals surface area contributed by atoms with E-state index in [4.69, 9.17) is 0 Å². The van der Waals surface area contributed by atoms with Crippen molar-refractivity contribution in [2.45, 2.75) is 98.4 Å². The first-order valence-corrected chi connectivity index (χ1v) is 15.2. The number of anilines is 1. The molecule has 3 atom stereocenters. The number of aryl methyl sites for hydroxylation is 3. The second-order valence-corrected chi connectivity index (χ2v) is 11.6. The molecule has 0 fully saturated rings. The molecule has 202 valence electrons. The van der Waals surface area contributed by atoms with E-state index in [2.05, 4.69) is 113 Å². The van der Waals surface area contributed by atoms with Gasteiger partial charge in [-0.2, -0.15) is 0 Å². The van der Waals surface area contributed by atoms with E-state index in [0.29, 0.717) is 12.0 Å². The van der Waals surface area contributed by atoms with Crippen LogP contribution in [0.1, 0.15) is 94.4 Å². The van der Waals surface area contributed by atoms with Crippen molar-refractivity contribution in [2.75, 3.05) is 5.32 Å². The van der Waals surface area contributed by atoms with Crippen LogP contribution in [0.2, 0.25) is 0 Å². The highest BCUT2D eigenvalue weighted by Crippen LogP contribution is 2.41. The lowest BCUT2D eigenvalue weighted by molar-refractivity contribution is 0.351. The van der Waals surface area contributed by atoms with Crippen LogP contribution in [-0.2, 0) is 6.42 Å². The molecule has 2 aromatic rings. The topological polar surface area (TPSA) is 12.0 Å². The van der Waals surface area contributed by atoms with Crippen molar-refractivity contribution in [3.05, 3.63) is 106 Å². The van der Waals surface area contributed by atoms with Crippen LogP contribution >= 0.6 is 0 Å². The van der Waals surface area contributed by atoms with Gasteiger partial charge in [0.1, 0.15) is 0 Å². The Morgan fingerprint density at radius 3 is 2.26 bits per heavy atom. The Morgan fingerprint density at radius 2 is 1.63 bits per heavy atom. The number of nitrogens with one attached hydrogen (secondary N) is 1. The minimum Gasteiger partial charge on any atom is -0.378 e. The zero-order valence-corrected chi connectivity index (χ0v) is 24.5. The molecule has 0 amide bonds. The quantitative estimate of drug-likeness (QED) is 0.319. The fourth-order valence-electron chi connectivity index (χ4n) is 6.55. The van der Waals surface area contributed by atoms with E-state index in [1.807, 2.05) is 0 Å². The molecule has 2 aliphatic carbocycles. The van der Waals surface area contributed by atoms with Gasteiger partial charge in [0.05, 0.1) is 0 Å². The lowest BCUT2D eigenvalue weighted by Gasteiger charge is -2.32. The molecule has 1 nitrogen and oxygen atoms in total. The fourth-order valence-corrected chi connectivity index (χ4v) is 6.55. The summed E-state index contributed by atoms with van der Waals surface area (Å²) in [5.74, 6) is 1.52. The highest BCUT2D eigenvalue weighted by atomic mass is 14.9. The van der Waals surface area contributed by atoms with Crippen LogP contribution in [-0.4, -0.2) is 6.04 Å². The molecule has 3 unspecified atom stereocenters. The Morgan fingerprint density at radius 1 is 0.895 bits per heavy atom. The van der Waals surface area contributed by atoms with Gasteiger partial charge in [-0.15, -0.1) is 0 Å². The smallest absolute Gasteiger partial charge is 0.0482 e. The predicted octanol–water partition coefficient (Wildman–Crippen LogP) is 10.6. The summed E-state index contributed by atoms with van der Waals surface area (Å²) in [5.41, 5.74) is 11.2. The molecular weight excluding hydrogens is 458 g/mol. The normalized spacial score (nSPS) is 21.7. The lowest BCUT2D eigenvalue weighted by atomic mass is 9.73. The van der Waals surface area contributed by atoms with Crippen molar-refractivity contribution in [1.82, 2.24) is 0 Å². The second-order valence-electron chi connectivity index (χ2n) is 11.6. The average molecular weight is 508 g/mol. The van der Waals surface area contributed by atoms with Gasteiger partial charge in [-0.3, -0.25) is 0 Å². The van der Waals surface area contributed by atoms with Crippen LogP contribution in [0.4, 0.5) is 5.69 Å². The Hall–Kier alpha value is -2.80. The molecule has 2 aromatic carbocycles. The monoisotopic (exact) mass is 507 g/mol. The van der Waals surface area contributed by atoms with Gasteiger partial charge >= 0.3 is 0 Å². The van der Waals surface area contributed by atoms with Gasteiger partial charge in [-0.1, -0.05) is 113 Å². The van der Waals surface area contributed by atoms with Gasteiger partial charge in [-0.05, 0) is 103 Å².